The van der Waals surface area contributed by atoms with Crippen LogP contribution in [-0.2, 0) is 23.7 Å². The predicted molar refractivity (Wildman–Crippen MR) is 138 cm³/mol. The zero-order valence-corrected chi connectivity index (χ0v) is 21.7. The molecule has 1 fully saturated rings. The lowest BCUT2D eigenvalue weighted by molar-refractivity contribution is -0.143. The van der Waals surface area contributed by atoms with Gasteiger partial charge in [-0.2, -0.15) is 41.7 Å². The van der Waals surface area contributed by atoms with Gasteiger partial charge in [0.2, 0.25) is 0 Å². The Morgan fingerprint density at radius 1 is 1.15 bits per heavy atom. The van der Waals surface area contributed by atoms with E-state index in [9.17, 15) is 41.5 Å². The van der Waals surface area contributed by atoms with Crippen LogP contribution in [-0.4, -0.2) is 63.1 Å². The first-order valence-corrected chi connectivity index (χ1v) is 13.0. The van der Waals surface area contributed by atoms with Gasteiger partial charge in [0, 0.05) is 31.1 Å². The zero-order valence-electron chi connectivity index (χ0n) is 20.9. The molecule has 8 nitrogen and oxygen atoms in total. The first-order chi connectivity index (χ1) is 19.4. The summed E-state index contributed by atoms with van der Waals surface area (Å²) >= 11 is 1.17. The van der Waals surface area contributed by atoms with Crippen molar-refractivity contribution >= 4 is 39.8 Å². The van der Waals surface area contributed by atoms with Crippen LogP contribution in [0.25, 0.3) is 17.0 Å². The second-order valence-electron chi connectivity index (χ2n) is 9.35. The van der Waals surface area contributed by atoms with E-state index in [-0.39, 0.29) is 29.9 Å². The number of nitrogens with zero attached hydrogens (tertiary/aromatic N) is 5. The number of carbonyl (C=O) groups is 1. The Hall–Kier alpha value is -3.87. The summed E-state index contributed by atoms with van der Waals surface area (Å²) in [6.07, 6.45) is -8.43. The van der Waals surface area contributed by atoms with Crippen molar-refractivity contribution in [2.45, 2.75) is 24.9 Å². The number of carbonyl (C=O) groups excluding carboxylic acids is 1. The van der Waals surface area contributed by atoms with Crippen LogP contribution in [0.1, 0.15) is 27.9 Å². The highest BCUT2D eigenvalue weighted by Gasteiger charge is 2.38. The largest absolute Gasteiger partial charge is 0.416 e. The molecule has 5 rings (SSSR count). The Kier molecular flexibility index (Phi) is 7.58. The molecule has 1 amide bonds. The topological polar surface area (TPSA) is 107 Å². The molecule has 15 heteroatoms. The maximum atomic E-state index is 13.7. The monoisotopic (exact) mass is 594 g/mol. The molecule has 2 aliphatic heterocycles. The molecule has 0 saturated carbocycles. The standard InChI is InChI=1S/C26H20F6N6O2S/c27-25(28,29)16-3-2-15(19(9-16)26(30,31)32)11-38-21-4-1-14(7-18(21)20(10-33)36-38)8-22-23(40)35-24(41-22)37-6-5-34-17(12-37)13-39/h1-4,7-9,17,34,39H,5-6,11-13H2/b22-8-. The van der Waals surface area contributed by atoms with E-state index in [0.717, 1.165) is 10.7 Å². The van der Waals surface area contributed by atoms with Gasteiger partial charge >= 0.3 is 12.4 Å². The van der Waals surface area contributed by atoms with Crippen LogP contribution in [0.2, 0.25) is 0 Å². The van der Waals surface area contributed by atoms with Crippen LogP contribution < -0.4 is 5.32 Å². The van der Waals surface area contributed by atoms with E-state index < -0.39 is 41.5 Å². The second-order valence-corrected chi connectivity index (χ2v) is 10.4. The number of aliphatic hydroxyl groups is 1. The first-order valence-electron chi connectivity index (χ1n) is 12.2. The Bertz CT molecular complexity index is 1620. The average molecular weight is 595 g/mol. The number of amides is 1. The summed E-state index contributed by atoms with van der Waals surface area (Å²) in [7, 11) is 0. The summed E-state index contributed by atoms with van der Waals surface area (Å²) in [6, 6.07) is 7.79. The molecule has 2 N–H and O–H groups in total. The van der Waals surface area contributed by atoms with Gasteiger partial charge < -0.3 is 15.3 Å². The number of benzene rings is 2. The van der Waals surface area contributed by atoms with Crippen LogP contribution >= 0.6 is 11.8 Å². The molecule has 3 heterocycles. The minimum atomic E-state index is -5.05. The number of thioether (sulfide) groups is 1. The molecule has 0 aliphatic carbocycles. The van der Waals surface area contributed by atoms with E-state index in [2.05, 4.69) is 15.4 Å². The van der Waals surface area contributed by atoms with Crippen molar-refractivity contribution in [3.05, 3.63) is 69.3 Å². The fourth-order valence-electron chi connectivity index (χ4n) is 4.61. The quantitative estimate of drug-likeness (QED) is 0.344. The van der Waals surface area contributed by atoms with Crippen LogP contribution in [0.5, 0.6) is 0 Å². The van der Waals surface area contributed by atoms with Gasteiger partial charge in [-0.25, -0.2) is 0 Å². The van der Waals surface area contributed by atoms with E-state index in [4.69, 9.17) is 0 Å². The number of nitrogens with one attached hydrogen (secondary N) is 1. The molecule has 2 aromatic carbocycles. The normalized spacial score (nSPS) is 19.2. The van der Waals surface area contributed by atoms with Gasteiger partial charge in [0.1, 0.15) is 6.07 Å². The zero-order chi connectivity index (χ0) is 29.5. The number of hydrogen-bond acceptors (Lipinski definition) is 7. The summed E-state index contributed by atoms with van der Waals surface area (Å²) in [4.78, 5) is 18.9. The van der Waals surface area contributed by atoms with Crippen molar-refractivity contribution in [2.24, 2.45) is 4.99 Å². The Morgan fingerprint density at radius 2 is 1.93 bits per heavy atom. The van der Waals surface area contributed by atoms with E-state index >= 15 is 0 Å². The van der Waals surface area contributed by atoms with Gasteiger partial charge in [-0.1, -0.05) is 12.1 Å². The summed E-state index contributed by atoms with van der Waals surface area (Å²) in [5, 5.41) is 27.1. The number of rotatable bonds is 4. The number of fused-ring (bicyclic) bond motifs is 1. The number of aliphatic imine (C=N–C) groups is 1. The number of halogens is 6. The number of aromatic nitrogens is 2. The summed E-state index contributed by atoms with van der Waals surface area (Å²) in [5.41, 5.74) is -2.61. The highest BCUT2D eigenvalue weighted by Crippen LogP contribution is 2.38. The maximum Gasteiger partial charge on any atom is 0.416 e. The van der Waals surface area contributed by atoms with Crippen molar-refractivity contribution in [3.63, 3.8) is 0 Å². The van der Waals surface area contributed by atoms with Crippen LogP contribution in [0, 0.1) is 11.3 Å². The highest BCUT2D eigenvalue weighted by atomic mass is 32.2. The van der Waals surface area contributed by atoms with Crippen LogP contribution in [0.3, 0.4) is 0 Å². The minimum absolute atomic E-state index is 0.0591. The minimum Gasteiger partial charge on any atom is -0.395 e. The van der Waals surface area contributed by atoms with E-state index in [0.29, 0.717) is 46.7 Å². The molecule has 1 unspecified atom stereocenters. The van der Waals surface area contributed by atoms with Gasteiger partial charge in [-0.15, -0.1) is 0 Å². The van der Waals surface area contributed by atoms with Crippen LogP contribution in [0.15, 0.2) is 46.3 Å². The smallest absolute Gasteiger partial charge is 0.395 e. The third-order valence-electron chi connectivity index (χ3n) is 6.60. The Balaban J connectivity index is 1.43. The molecule has 3 aromatic rings. The van der Waals surface area contributed by atoms with Gasteiger partial charge in [0.25, 0.3) is 5.91 Å². The molecule has 1 atom stereocenters. The molecular weight excluding hydrogens is 574 g/mol. The van der Waals surface area contributed by atoms with Crippen molar-refractivity contribution in [1.29, 1.82) is 5.26 Å². The Morgan fingerprint density at radius 3 is 2.61 bits per heavy atom. The van der Waals surface area contributed by atoms with Crippen molar-refractivity contribution < 1.29 is 36.2 Å². The van der Waals surface area contributed by atoms with Gasteiger partial charge in [0.15, 0.2) is 10.9 Å². The van der Waals surface area contributed by atoms with Crippen molar-refractivity contribution in [1.82, 2.24) is 20.0 Å². The maximum absolute atomic E-state index is 13.7. The second kappa shape index (κ2) is 10.8. The third kappa shape index (κ3) is 5.95. The third-order valence-corrected chi connectivity index (χ3v) is 7.64. The molecule has 0 bridgehead atoms. The number of nitriles is 1. The summed E-state index contributed by atoms with van der Waals surface area (Å²) < 4.78 is 81.3. The summed E-state index contributed by atoms with van der Waals surface area (Å²) in [6.45, 7) is 1.11. The average Bonchev–Trinajstić information content (AvgIpc) is 3.47. The van der Waals surface area contributed by atoms with Crippen molar-refractivity contribution in [3.8, 4) is 6.07 Å². The molecule has 2 aliphatic rings. The molecule has 1 saturated heterocycles. The number of piperazine rings is 1. The summed E-state index contributed by atoms with van der Waals surface area (Å²) in [5.74, 6) is -0.456. The van der Waals surface area contributed by atoms with Gasteiger partial charge in [-0.3, -0.25) is 9.48 Å². The lowest BCUT2D eigenvalue weighted by Gasteiger charge is -2.33. The van der Waals surface area contributed by atoms with Crippen molar-refractivity contribution in [2.75, 3.05) is 26.2 Å². The lowest BCUT2D eigenvalue weighted by atomic mass is 10.0. The van der Waals surface area contributed by atoms with Crippen LogP contribution in [0.4, 0.5) is 26.3 Å². The molecule has 1 aromatic heterocycles. The SMILES string of the molecule is N#Cc1nn(Cc2ccc(C(F)(F)F)cc2C(F)(F)F)c2ccc(/C=C3\SC(N4CCNC(CO)C4)=NC3=O)cc12. The van der Waals surface area contributed by atoms with Gasteiger partial charge in [0.05, 0.1) is 34.7 Å². The molecule has 0 spiro atoms. The van der Waals surface area contributed by atoms with E-state index in [1.807, 2.05) is 11.0 Å². The number of alkyl halides is 6. The molecule has 41 heavy (non-hydrogen) atoms. The number of amidine groups is 1. The van der Waals surface area contributed by atoms with E-state index in [1.54, 1.807) is 18.2 Å². The van der Waals surface area contributed by atoms with E-state index in [1.165, 1.54) is 17.8 Å². The fourth-order valence-corrected chi connectivity index (χ4v) is 5.56. The molecular formula is C26H20F6N6O2S. The number of aliphatic hydroxyl groups excluding tert-OH is 1. The predicted octanol–water partition coefficient (Wildman–Crippen LogP) is 4.23. The number of hydrogen-bond donors (Lipinski definition) is 2. The fraction of sp³-hybridized carbons (Fsp3) is 0.308. The molecule has 214 valence electrons. The Labute approximate surface area is 232 Å². The van der Waals surface area contributed by atoms with Gasteiger partial charge in [-0.05, 0) is 53.2 Å². The first kappa shape index (κ1) is 28.7. The lowest BCUT2D eigenvalue weighted by Crippen LogP contribution is -2.53. The molecule has 0 radical (unpaired) electrons. The highest BCUT2D eigenvalue weighted by molar-refractivity contribution is 8.18.